The van der Waals surface area contributed by atoms with Gasteiger partial charge in [0.2, 0.25) is 0 Å². The lowest BCUT2D eigenvalue weighted by atomic mass is 9.98. The number of hydrogen-bond acceptors (Lipinski definition) is 3. The molecule has 86 valence electrons. The van der Waals surface area contributed by atoms with Crippen molar-refractivity contribution in [2.75, 3.05) is 13.2 Å². The zero-order valence-corrected chi connectivity index (χ0v) is 9.83. The number of benzene rings is 1. The normalized spacial score (nSPS) is 12.1. The first-order valence-electron chi connectivity index (χ1n) is 5.50. The van der Waals surface area contributed by atoms with Gasteiger partial charge in [-0.3, -0.25) is 5.32 Å². The summed E-state index contributed by atoms with van der Waals surface area (Å²) in [4.78, 5) is 0. The van der Waals surface area contributed by atoms with Gasteiger partial charge in [-0.05, 0) is 43.5 Å². The van der Waals surface area contributed by atoms with Crippen LogP contribution in [0.25, 0.3) is 0 Å². The number of nitrogens with one attached hydrogen (secondary N) is 1. The summed E-state index contributed by atoms with van der Waals surface area (Å²) in [7, 11) is 0. The van der Waals surface area contributed by atoms with E-state index in [0.717, 1.165) is 11.1 Å². The average molecular weight is 218 g/mol. The Labute approximate surface area is 96.7 Å². The van der Waals surface area contributed by atoms with E-state index in [2.05, 4.69) is 11.4 Å². The second-order valence-electron chi connectivity index (χ2n) is 3.88. The summed E-state index contributed by atoms with van der Waals surface area (Å²) in [5, 5.41) is 21.0. The Hall–Kier alpha value is -1.37. The third-order valence-corrected chi connectivity index (χ3v) is 2.77. The van der Waals surface area contributed by atoms with Gasteiger partial charge in [0.15, 0.2) is 0 Å². The van der Waals surface area contributed by atoms with Crippen LogP contribution in [0.3, 0.4) is 0 Å². The molecule has 0 aliphatic rings. The fourth-order valence-corrected chi connectivity index (χ4v) is 1.64. The summed E-state index contributed by atoms with van der Waals surface area (Å²) in [6.07, 6.45) is 0.670. The molecule has 0 bridgehead atoms. The fourth-order valence-electron chi connectivity index (χ4n) is 1.64. The maximum atomic E-state index is 9.12. The van der Waals surface area contributed by atoms with Crippen molar-refractivity contribution in [3.63, 3.8) is 0 Å². The molecule has 0 aromatic heterocycles. The number of nitriles is 1. The van der Waals surface area contributed by atoms with Crippen molar-refractivity contribution in [3.05, 3.63) is 34.9 Å². The lowest BCUT2D eigenvalue weighted by molar-refractivity contribution is 0.285. The van der Waals surface area contributed by atoms with E-state index in [1.165, 1.54) is 5.56 Å². The highest BCUT2D eigenvalue weighted by Gasteiger charge is 2.12. The molecule has 0 heterocycles. The average Bonchev–Trinajstić information content (AvgIpc) is 2.29. The minimum Gasteiger partial charge on any atom is -0.396 e. The fraction of sp³-hybridized carbons (Fsp3) is 0.462. The largest absolute Gasteiger partial charge is 0.396 e. The Morgan fingerprint density at radius 3 is 2.81 bits per heavy atom. The number of rotatable bonds is 5. The zero-order chi connectivity index (χ0) is 12.0. The summed E-state index contributed by atoms with van der Waals surface area (Å²) in [5.41, 5.74) is 3.38. The molecule has 3 nitrogen and oxygen atoms in total. The third-order valence-electron chi connectivity index (χ3n) is 2.77. The maximum Gasteiger partial charge on any atom is 0.121 e. The Kier molecular flexibility index (Phi) is 4.97. The first kappa shape index (κ1) is 12.7. The zero-order valence-electron chi connectivity index (χ0n) is 9.83. The third kappa shape index (κ3) is 3.06. The quantitative estimate of drug-likeness (QED) is 0.741. The monoisotopic (exact) mass is 218 g/mol. The molecule has 1 unspecified atom stereocenters. The number of aliphatic hydroxyl groups is 1. The maximum absolute atomic E-state index is 9.12. The Morgan fingerprint density at radius 2 is 2.19 bits per heavy atom. The molecule has 0 aliphatic heterocycles. The molecule has 0 radical (unpaired) electrons. The van der Waals surface area contributed by atoms with Crippen LogP contribution in [0.4, 0.5) is 0 Å². The lowest BCUT2D eigenvalue weighted by Gasteiger charge is -2.15. The minimum absolute atomic E-state index is 0.151. The van der Waals surface area contributed by atoms with E-state index < -0.39 is 0 Å². The van der Waals surface area contributed by atoms with Crippen molar-refractivity contribution in [1.82, 2.24) is 5.32 Å². The first-order valence-corrected chi connectivity index (χ1v) is 5.50. The van der Waals surface area contributed by atoms with Crippen molar-refractivity contribution < 1.29 is 5.11 Å². The number of nitrogens with zero attached hydrogens (tertiary/aromatic N) is 1. The van der Waals surface area contributed by atoms with Gasteiger partial charge in [-0.1, -0.05) is 18.2 Å². The van der Waals surface area contributed by atoms with Crippen LogP contribution in [0.5, 0.6) is 0 Å². The van der Waals surface area contributed by atoms with Gasteiger partial charge in [-0.15, -0.1) is 0 Å². The molecular weight excluding hydrogens is 200 g/mol. The molecule has 0 spiro atoms. The summed E-state index contributed by atoms with van der Waals surface area (Å²) >= 11 is 0. The molecular formula is C13H18N2O. The Balaban J connectivity index is 2.80. The van der Waals surface area contributed by atoms with E-state index in [-0.39, 0.29) is 12.6 Å². The van der Waals surface area contributed by atoms with Gasteiger partial charge in [0.05, 0.1) is 6.07 Å². The van der Waals surface area contributed by atoms with Gasteiger partial charge >= 0.3 is 0 Å². The molecule has 1 aromatic rings. The molecule has 16 heavy (non-hydrogen) atoms. The van der Waals surface area contributed by atoms with Crippen molar-refractivity contribution in [2.24, 2.45) is 0 Å². The molecule has 1 rings (SSSR count). The van der Waals surface area contributed by atoms with Crippen LogP contribution in [0.2, 0.25) is 0 Å². The predicted octanol–water partition coefficient (Wildman–Crippen LogP) is 1.84. The van der Waals surface area contributed by atoms with E-state index in [0.29, 0.717) is 13.0 Å². The first-order chi connectivity index (χ1) is 7.70. The van der Waals surface area contributed by atoms with Crippen LogP contribution in [0.1, 0.15) is 29.2 Å². The summed E-state index contributed by atoms with van der Waals surface area (Å²) in [6.45, 7) is 4.88. The highest BCUT2D eigenvalue weighted by molar-refractivity contribution is 5.37. The van der Waals surface area contributed by atoms with E-state index in [9.17, 15) is 0 Å². The smallest absolute Gasteiger partial charge is 0.121 e. The van der Waals surface area contributed by atoms with Gasteiger partial charge in [-0.25, -0.2) is 0 Å². The lowest BCUT2D eigenvalue weighted by Crippen LogP contribution is -2.22. The molecule has 2 N–H and O–H groups in total. The van der Waals surface area contributed by atoms with Crippen LogP contribution in [0, 0.1) is 25.2 Å². The Bertz CT molecular complexity index is 382. The SMILES string of the molecule is Cc1cccc(C(C#N)NCCCO)c1C. The topological polar surface area (TPSA) is 56.0 Å². The highest BCUT2D eigenvalue weighted by atomic mass is 16.3. The van der Waals surface area contributed by atoms with Crippen molar-refractivity contribution in [3.8, 4) is 6.07 Å². The van der Waals surface area contributed by atoms with Crippen molar-refractivity contribution >= 4 is 0 Å². The van der Waals surface area contributed by atoms with Gasteiger partial charge < -0.3 is 5.11 Å². The number of aryl methyl sites for hydroxylation is 1. The molecule has 0 amide bonds. The van der Waals surface area contributed by atoms with Gasteiger partial charge in [0.25, 0.3) is 0 Å². The van der Waals surface area contributed by atoms with Gasteiger partial charge in [0.1, 0.15) is 6.04 Å². The van der Waals surface area contributed by atoms with Crippen LogP contribution in [0.15, 0.2) is 18.2 Å². The summed E-state index contributed by atoms with van der Waals surface area (Å²) in [5.74, 6) is 0. The summed E-state index contributed by atoms with van der Waals surface area (Å²) in [6, 6.07) is 7.95. The van der Waals surface area contributed by atoms with Gasteiger partial charge in [-0.2, -0.15) is 5.26 Å². The van der Waals surface area contributed by atoms with Crippen molar-refractivity contribution in [1.29, 1.82) is 5.26 Å². The van der Waals surface area contributed by atoms with Crippen LogP contribution in [-0.2, 0) is 0 Å². The number of hydrogen-bond donors (Lipinski definition) is 2. The second kappa shape index (κ2) is 6.26. The van der Waals surface area contributed by atoms with Gasteiger partial charge in [0, 0.05) is 6.61 Å². The highest BCUT2D eigenvalue weighted by Crippen LogP contribution is 2.19. The van der Waals surface area contributed by atoms with E-state index >= 15 is 0 Å². The Morgan fingerprint density at radius 1 is 1.44 bits per heavy atom. The van der Waals surface area contributed by atoms with E-state index in [1.54, 1.807) is 0 Å². The molecule has 0 saturated heterocycles. The summed E-state index contributed by atoms with van der Waals surface area (Å²) < 4.78 is 0. The predicted molar refractivity (Wildman–Crippen MR) is 64.0 cm³/mol. The van der Waals surface area contributed by atoms with E-state index in [4.69, 9.17) is 10.4 Å². The number of aliphatic hydroxyl groups excluding tert-OH is 1. The molecule has 0 aliphatic carbocycles. The molecule has 1 aromatic carbocycles. The second-order valence-corrected chi connectivity index (χ2v) is 3.88. The van der Waals surface area contributed by atoms with Crippen LogP contribution in [-0.4, -0.2) is 18.3 Å². The van der Waals surface area contributed by atoms with Crippen LogP contribution >= 0.6 is 0 Å². The molecule has 1 atom stereocenters. The van der Waals surface area contributed by atoms with E-state index in [1.807, 2.05) is 32.0 Å². The standard InChI is InChI=1S/C13H18N2O/c1-10-5-3-6-12(11(10)2)13(9-14)15-7-4-8-16/h3,5-6,13,15-16H,4,7-8H2,1-2H3. The van der Waals surface area contributed by atoms with Crippen molar-refractivity contribution in [2.45, 2.75) is 26.3 Å². The molecule has 3 heteroatoms. The minimum atomic E-state index is -0.286. The van der Waals surface area contributed by atoms with Crippen LogP contribution < -0.4 is 5.32 Å². The molecule has 0 fully saturated rings. The molecule has 0 saturated carbocycles.